The van der Waals surface area contributed by atoms with E-state index in [0.717, 1.165) is 16.1 Å². The van der Waals surface area contributed by atoms with Gasteiger partial charge in [-0.2, -0.15) is 0 Å². The number of nitrogens with zero attached hydrogens (tertiary/aromatic N) is 4. The number of carbonyl (C=O) groups is 1. The molecule has 0 spiro atoms. The van der Waals surface area contributed by atoms with E-state index in [-0.39, 0.29) is 12.3 Å². The van der Waals surface area contributed by atoms with Crippen LogP contribution in [0.25, 0.3) is 10.6 Å². The van der Waals surface area contributed by atoms with Gasteiger partial charge in [-0.1, -0.05) is 29.5 Å². The molecular formula is C18H18N4O2S. The molecule has 3 aromatic rings. The van der Waals surface area contributed by atoms with Crippen LogP contribution in [-0.4, -0.2) is 34.7 Å². The Labute approximate surface area is 150 Å². The summed E-state index contributed by atoms with van der Waals surface area (Å²) in [7, 11) is 1.60. The number of hydrogen-bond acceptors (Lipinski definition) is 6. The number of carbonyl (C=O) groups excluding carboxylic acids is 1. The molecule has 1 amide bonds. The van der Waals surface area contributed by atoms with Crippen molar-refractivity contribution >= 4 is 22.4 Å². The molecule has 6 nitrogen and oxygen atoms in total. The van der Waals surface area contributed by atoms with Gasteiger partial charge in [0.15, 0.2) is 5.01 Å². The molecule has 0 radical (unpaired) electrons. The number of ether oxygens (including phenoxy) is 1. The number of likely N-dealkylation sites (N-methyl/N-ethyl adjacent to an activating group) is 1. The second-order valence-electron chi connectivity index (χ2n) is 5.26. The van der Waals surface area contributed by atoms with E-state index in [1.807, 2.05) is 43.3 Å². The monoisotopic (exact) mass is 354 g/mol. The Kier molecular flexibility index (Phi) is 5.35. The number of pyridine rings is 1. The lowest BCUT2D eigenvalue weighted by Crippen LogP contribution is -2.32. The second kappa shape index (κ2) is 7.85. The molecule has 0 aliphatic rings. The molecule has 7 heteroatoms. The van der Waals surface area contributed by atoms with Crippen LogP contribution in [0.2, 0.25) is 0 Å². The molecular weight excluding hydrogens is 336 g/mol. The number of benzene rings is 1. The molecule has 0 saturated carbocycles. The molecule has 3 rings (SSSR count). The fraction of sp³-hybridized carbons (Fsp3) is 0.222. The standard InChI is InChI=1S/C18H18N4O2S/c1-3-22(16(23)11-13-7-4-5-9-15(13)24-2)18-21-20-17(25-18)14-8-6-10-19-12-14/h4-10,12H,3,11H2,1-2H3. The summed E-state index contributed by atoms with van der Waals surface area (Å²) in [4.78, 5) is 18.5. The van der Waals surface area contributed by atoms with Crippen LogP contribution in [0, 0.1) is 0 Å². The van der Waals surface area contributed by atoms with Crippen molar-refractivity contribution in [3.63, 3.8) is 0 Å². The second-order valence-corrected chi connectivity index (χ2v) is 6.21. The fourth-order valence-electron chi connectivity index (χ4n) is 2.46. The van der Waals surface area contributed by atoms with Crippen molar-refractivity contribution in [2.24, 2.45) is 0 Å². The number of rotatable bonds is 6. The number of methoxy groups -OCH3 is 1. The molecule has 0 saturated heterocycles. The van der Waals surface area contributed by atoms with Gasteiger partial charge in [-0.15, -0.1) is 10.2 Å². The highest BCUT2D eigenvalue weighted by Gasteiger charge is 2.20. The maximum atomic E-state index is 12.8. The van der Waals surface area contributed by atoms with Crippen LogP contribution < -0.4 is 9.64 Å². The molecule has 2 heterocycles. The average molecular weight is 354 g/mol. The summed E-state index contributed by atoms with van der Waals surface area (Å²) in [6, 6.07) is 11.3. The van der Waals surface area contributed by atoms with Gasteiger partial charge in [-0.3, -0.25) is 14.7 Å². The summed E-state index contributed by atoms with van der Waals surface area (Å²) >= 11 is 1.38. The van der Waals surface area contributed by atoms with E-state index in [1.165, 1.54) is 11.3 Å². The first-order valence-corrected chi connectivity index (χ1v) is 8.70. The van der Waals surface area contributed by atoms with Crippen LogP contribution in [0.15, 0.2) is 48.8 Å². The van der Waals surface area contributed by atoms with E-state index < -0.39 is 0 Å². The van der Waals surface area contributed by atoms with Crippen LogP contribution in [0.1, 0.15) is 12.5 Å². The van der Waals surface area contributed by atoms with Crippen LogP contribution >= 0.6 is 11.3 Å². The summed E-state index contributed by atoms with van der Waals surface area (Å²) in [5.41, 5.74) is 1.74. The SMILES string of the molecule is CCN(C(=O)Cc1ccccc1OC)c1nnc(-c2cccnc2)s1. The highest BCUT2D eigenvalue weighted by Crippen LogP contribution is 2.29. The highest BCUT2D eigenvalue weighted by atomic mass is 32.1. The molecule has 0 N–H and O–H groups in total. The zero-order valence-corrected chi connectivity index (χ0v) is 14.9. The number of aromatic nitrogens is 3. The number of anilines is 1. The Bertz CT molecular complexity index is 851. The Balaban J connectivity index is 1.80. The van der Waals surface area contributed by atoms with Gasteiger partial charge in [0.05, 0.1) is 13.5 Å². The molecule has 128 valence electrons. The van der Waals surface area contributed by atoms with E-state index >= 15 is 0 Å². The minimum absolute atomic E-state index is 0.0408. The summed E-state index contributed by atoms with van der Waals surface area (Å²) in [5, 5.41) is 9.70. The molecule has 1 aromatic carbocycles. The molecule has 0 unspecified atom stereocenters. The lowest BCUT2D eigenvalue weighted by Gasteiger charge is -2.17. The average Bonchev–Trinajstić information content (AvgIpc) is 3.13. The lowest BCUT2D eigenvalue weighted by molar-refractivity contribution is -0.118. The minimum Gasteiger partial charge on any atom is -0.496 e. The molecule has 0 fully saturated rings. The summed E-state index contributed by atoms with van der Waals surface area (Å²) < 4.78 is 5.32. The van der Waals surface area contributed by atoms with Gasteiger partial charge >= 0.3 is 0 Å². The van der Waals surface area contributed by atoms with E-state index in [1.54, 1.807) is 24.4 Å². The first-order valence-electron chi connectivity index (χ1n) is 7.89. The van der Waals surface area contributed by atoms with Gasteiger partial charge in [0.2, 0.25) is 11.0 Å². The number of hydrogen-bond donors (Lipinski definition) is 0. The maximum absolute atomic E-state index is 12.8. The first kappa shape index (κ1) is 17.0. The highest BCUT2D eigenvalue weighted by molar-refractivity contribution is 7.18. The number of amides is 1. The van der Waals surface area contributed by atoms with Crippen molar-refractivity contribution in [3.8, 4) is 16.3 Å². The van der Waals surface area contributed by atoms with E-state index in [4.69, 9.17) is 4.74 Å². The molecule has 25 heavy (non-hydrogen) atoms. The predicted molar refractivity (Wildman–Crippen MR) is 97.9 cm³/mol. The third-order valence-electron chi connectivity index (χ3n) is 3.71. The summed E-state index contributed by atoms with van der Waals surface area (Å²) in [6.07, 6.45) is 3.69. The van der Waals surface area contributed by atoms with Crippen LogP contribution in [0.3, 0.4) is 0 Å². The normalized spacial score (nSPS) is 10.5. The van der Waals surface area contributed by atoms with Gasteiger partial charge in [-0.05, 0) is 25.1 Å². The van der Waals surface area contributed by atoms with Gasteiger partial charge in [0.1, 0.15) is 5.75 Å². The van der Waals surface area contributed by atoms with Crippen molar-refractivity contribution in [2.75, 3.05) is 18.6 Å². The van der Waals surface area contributed by atoms with Gasteiger partial charge in [0.25, 0.3) is 0 Å². The maximum Gasteiger partial charge on any atom is 0.233 e. The van der Waals surface area contributed by atoms with E-state index in [0.29, 0.717) is 17.4 Å². The third-order valence-corrected chi connectivity index (χ3v) is 4.70. The smallest absolute Gasteiger partial charge is 0.233 e. The Morgan fingerprint density at radius 3 is 2.76 bits per heavy atom. The molecule has 0 bridgehead atoms. The molecule has 0 atom stereocenters. The van der Waals surface area contributed by atoms with E-state index in [2.05, 4.69) is 15.2 Å². The van der Waals surface area contributed by atoms with Gasteiger partial charge in [-0.25, -0.2) is 0 Å². The zero-order valence-electron chi connectivity index (χ0n) is 14.0. The molecule has 2 aromatic heterocycles. The largest absolute Gasteiger partial charge is 0.496 e. The van der Waals surface area contributed by atoms with Crippen molar-refractivity contribution in [1.29, 1.82) is 0 Å². The Hall–Kier alpha value is -2.80. The Morgan fingerprint density at radius 1 is 1.20 bits per heavy atom. The van der Waals surface area contributed by atoms with Crippen molar-refractivity contribution in [2.45, 2.75) is 13.3 Å². The van der Waals surface area contributed by atoms with Crippen molar-refractivity contribution in [1.82, 2.24) is 15.2 Å². The quantitative estimate of drug-likeness (QED) is 0.680. The lowest BCUT2D eigenvalue weighted by atomic mass is 10.1. The fourth-order valence-corrected chi connectivity index (χ4v) is 3.37. The van der Waals surface area contributed by atoms with Crippen LogP contribution in [0.4, 0.5) is 5.13 Å². The topological polar surface area (TPSA) is 68.2 Å². The van der Waals surface area contributed by atoms with Gasteiger partial charge in [0, 0.05) is 30.1 Å². The van der Waals surface area contributed by atoms with E-state index in [9.17, 15) is 4.79 Å². The van der Waals surface area contributed by atoms with Crippen molar-refractivity contribution < 1.29 is 9.53 Å². The van der Waals surface area contributed by atoms with Crippen molar-refractivity contribution in [3.05, 3.63) is 54.4 Å². The van der Waals surface area contributed by atoms with Gasteiger partial charge < -0.3 is 4.74 Å². The molecule has 0 aliphatic carbocycles. The van der Waals surface area contributed by atoms with Crippen LogP contribution in [0.5, 0.6) is 5.75 Å². The first-order chi connectivity index (χ1) is 12.2. The summed E-state index contributed by atoms with van der Waals surface area (Å²) in [5.74, 6) is 0.668. The predicted octanol–water partition coefficient (Wildman–Crippen LogP) is 3.20. The Morgan fingerprint density at radius 2 is 2.04 bits per heavy atom. The van der Waals surface area contributed by atoms with Crippen LogP contribution in [-0.2, 0) is 11.2 Å². The third kappa shape index (κ3) is 3.83. The number of para-hydroxylation sites is 1. The zero-order chi connectivity index (χ0) is 17.6. The molecule has 0 aliphatic heterocycles. The minimum atomic E-state index is -0.0408. The summed E-state index contributed by atoms with van der Waals surface area (Å²) in [6.45, 7) is 2.45.